The topological polar surface area (TPSA) is 180 Å². The van der Waals surface area contributed by atoms with Crippen molar-refractivity contribution in [1.82, 2.24) is 10.6 Å². The molecule has 0 fully saturated rings. The van der Waals surface area contributed by atoms with Crippen LogP contribution in [0.2, 0.25) is 0 Å². The van der Waals surface area contributed by atoms with Crippen molar-refractivity contribution in [3.05, 3.63) is 27.9 Å². The fraction of sp³-hybridized carbons (Fsp3) is 0.500. The third kappa shape index (κ3) is 7.06. The van der Waals surface area contributed by atoms with E-state index in [9.17, 15) is 30.0 Å². The zero-order valence-corrected chi connectivity index (χ0v) is 21.3. The van der Waals surface area contributed by atoms with Gasteiger partial charge < -0.3 is 41.3 Å². The maximum Gasteiger partial charge on any atom is 0.253 e. The van der Waals surface area contributed by atoms with Crippen LogP contribution in [0.25, 0.3) is 0 Å². The van der Waals surface area contributed by atoms with Crippen molar-refractivity contribution in [3.8, 4) is 0 Å². The summed E-state index contributed by atoms with van der Waals surface area (Å²) in [5, 5.41) is 60.9. The molecule has 0 aliphatic heterocycles. The van der Waals surface area contributed by atoms with Gasteiger partial charge in [-0.3, -0.25) is 9.59 Å². The van der Waals surface area contributed by atoms with Crippen LogP contribution in [0, 0.1) is 10.7 Å². The summed E-state index contributed by atoms with van der Waals surface area (Å²) in [6.07, 6.45) is -2.73. The van der Waals surface area contributed by atoms with Crippen molar-refractivity contribution in [3.63, 3.8) is 0 Å². The highest BCUT2D eigenvalue weighted by Gasteiger charge is 2.28. The lowest BCUT2D eigenvalue weighted by Gasteiger charge is -2.23. The van der Waals surface area contributed by atoms with Crippen molar-refractivity contribution < 1.29 is 40.2 Å². The number of carbonyl (C=O) groups excluding carboxylic acids is 2. The number of aliphatic hydroxyl groups excluding tert-OH is 6. The lowest BCUT2D eigenvalue weighted by molar-refractivity contribution is 0.0386. The lowest BCUT2D eigenvalue weighted by Crippen LogP contribution is -2.48. The van der Waals surface area contributed by atoms with Crippen LogP contribution < -0.4 is 10.6 Å². The van der Waals surface area contributed by atoms with E-state index in [1.807, 2.05) is 67.8 Å². The summed E-state index contributed by atoms with van der Waals surface area (Å²) in [5.41, 5.74) is 0.257. The number of amides is 2. The second-order valence-electron chi connectivity index (χ2n) is 5.93. The molecule has 0 radical (unpaired) electrons. The number of carbonyl (C=O) groups is 2. The fourth-order valence-electron chi connectivity index (χ4n) is 2.27. The van der Waals surface area contributed by atoms with Crippen LogP contribution in [0.5, 0.6) is 0 Å². The average molecular weight is 750 g/mol. The first-order chi connectivity index (χ1) is 13.6. The van der Waals surface area contributed by atoms with Gasteiger partial charge in [0, 0.05) is 10.7 Å². The summed E-state index contributed by atoms with van der Waals surface area (Å²) < 4.78 is 1.30. The zero-order chi connectivity index (χ0) is 22.3. The van der Waals surface area contributed by atoms with Crippen molar-refractivity contribution in [2.24, 2.45) is 0 Å². The monoisotopic (exact) mass is 750 g/mol. The van der Waals surface area contributed by atoms with Crippen LogP contribution in [0.1, 0.15) is 20.7 Å². The van der Waals surface area contributed by atoms with Crippen molar-refractivity contribution in [1.29, 1.82) is 0 Å². The Hall–Kier alpha value is 0.110. The maximum atomic E-state index is 12.7. The van der Waals surface area contributed by atoms with Crippen molar-refractivity contribution >= 4 is 79.6 Å². The number of hydrogen-bond donors (Lipinski definition) is 8. The minimum atomic E-state index is -1.36. The minimum absolute atomic E-state index is 0.128. The molecule has 29 heavy (non-hydrogen) atoms. The normalized spacial score (nSPS) is 15.3. The maximum absolute atomic E-state index is 12.7. The molecule has 10 nitrogen and oxygen atoms in total. The van der Waals surface area contributed by atoms with Gasteiger partial charge >= 0.3 is 0 Å². The summed E-state index contributed by atoms with van der Waals surface area (Å²) in [6.45, 7) is -2.52. The molecule has 4 atom stereocenters. The Labute approximate surface area is 207 Å². The molecule has 0 aliphatic carbocycles. The average Bonchev–Trinajstić information content (AvgIpc) is 2.68. The van der Waals surface area contributed by atoms with E-state index in [0.29, 0.717) is 7.14 Å². The molecule has 1 rings (SSSR count). The molecule has 0 aromatic heterocycles. The molecule has 164 valence electrons. The molecule has 0 saturated carbocycles. The van der Waals surface area contributed by atoms with Gasteiger partial charge in [-0.05, 0) is 73.8 Å². The number of aliphatic hydroxyl groups is 6. The number of hydrogen-bond acceptors (Lipinski definition) is 8. The van der Waals surface area contributed by atoms with Crippen LogP contribution in [0.15, 0.2) is 6.07 Å². The first-order valence-corrected chi connectivity index (χ1v) is 11.4. The van der Waals surface area contributed by atoms with Crippen LogP contribution in [0.3, 0.4) is 0 Å². The standard InChI is InChI=1S/C16H21I3N2O8/c17-6-1-7(18)13(16(29)21-9(3-23)11(27)5-25)14(19)12(6)15(28)20-8(2-22)10(26)4-24/h1,8-11,22-27H,2-5H2,(H,20,28)(H,21,29). The smallest absolute Gasteiger partial charge is 0.253 e. The summed E-state index contributed by atoms with van der Waals surface area (Å²) >= 11 is 5.64. The molecule has 1 aromatic rings. The van der Waals surface area contributed by atoms with E-state index < -0.39 is 62.5 Å². The first kappa shape index (κ1) is 27.1. The van der Waals surface area contributed by atoms with Gasteiger partial charge in [-0.2, -0.15) is 0 Å². The summed E-state index contributed by atoms with van der Waals surface area (Å²) in [4.78, 5) is 25.4. The predicted molar refractivity (Wildman–Crippen MR) is 127 cm³/mol. The van der Waals surface area contributed by atoms with Crippen LogP contribution in [-0.2, 0) is 0 Å². The fourth-order valence-corrected chi connectivity index (χ4v) is 6.62. The zero-order valence-electron chi connectivity index (χ0n) is 14.8. The Morgan fingerprint density at radius 2 is 1.10 bits per heavy atom. The largest absolute Gasteiger partial charge is 0.394 e. The molecule has 0 heterocycles. The predicted octanol–water partition coefficient (Wildman–Crippen LogP) is -1.61. The Morgan fingerprint density at radius 3 is 1.38 bits per heavy atom. The quantitative estimate of drug-likeness (QED) is 0.132. The van der Waals surface area contributed by atoms with Crippen LogP contribution >= 0.6 is 67.8 Å². The highest BCUT2D eigenvalue weighted by atomic mass is 127. The summed E-state index contributed by atoms with van der Waals surface area (Å²) in [6, 6.07) is -0.622. The van der Waals surface area contributed by atoms with E-state index in [2.05, 4.69) is 10.6 Å². The number of nitrogens with one attached hydrogen (secondary N) is 2. The second kappa shape index (κ2) is 12.8. The highest BCUT2D eigenvalue weighted by Crippen LogP contribution is 2.28. The molecule has 0 spiro atoms. The molecule has 2 amide bonds. The molecule has 13 heteroatoms. The van der Waals surface area contributed by atoms with Crippen molar-refractivity contribution in [2.75, 3.05) is 26.4 Å². The van der Waals surface area contributed by atoms with Gasteiger partial charge in [-0.15, -0.1) is 0 Å². The Morgan fingerprint density at radius 1 is 0.759 bits per heavy atom. The van der Waals surface area contributed by atoms with Gasteiger partial charge in [-0.25, -0.2) is 0 Å². The van der Waals surface area contributed by atoms with E-state index in [1.165, 1.54) is 0 Å². The van der Waals surface area contributed by atoms with Gasteiger partial charge in [0.1, 0.15) is 0 Å². The van der Waals surface area contributed by atoms with E-state index >= 15 is 0 Å². The molecule has 0 aliphatic rings. The second-order valence-corrected chi connectivity index (χ2v) is 9.33. The number of rotatable bonds is 10. The van der Waals surface area contributed by atoms with Gasteiger partial charge in [0.25, 0.3) is 11.8 Å². The molecule has 4 unspecified atom stereocenters. The third-order valence-electron chi connectivity index (χ3n) is 3.95. The molecule has 8 N–H and O–H groups in total. The lowest BCUT2D eigenvalue weighted by atomic mass is 10.1. The van der Waals surface area contributed by atoms with Crippen LogP contribution in [0.4, 0.5) is 0 Å². The van der Waals surface area contributed by atoms with Crippen LogP contribution in [-0.4, -0.2) is 93.2 Å². The van der Waals surface area contributed by atoms with E-state index in [4.69, 9.17) is 10.2 Å². The van der Waals surface area contributed by atoms with Gasteiger partial charge in [0.15, 0.2) is 0 Å². The molecule has 1 aromatic carbocycles. The number of benzene rings is 1. The summed E-state index contributed by atoms with van der Waals surface area (Å²) in [7, 11) is 0. The van der Waals surface area contributed by atoms with Gasteiger partial charge in [0.2, 0.25) is 0 Å². The van der Waals surface area contributed by atoms with E-state index in [0.717, 1.165) is 0 Å². The number of halogens is 3. The minimum Gasteiger partial charge on any atom is -0.394 e. The first-order valence-electron chi connectivity index (χ1n) is 8.21. The molecule has 0 bridgehead atoms. The van der Waals surface area contributed by atoms with Crippen molar-refractivity contribution in [2.45, 2.75) is 24.3 Å². The van der Waals surface area contributed by atoms with Gasteiger partial charge in [-0.1, -0.05) is 0 Å². The highest BCUT2D eigenvalue weighted by molar-refractivity contribution is 14.1. The molecular formula is C16H21I3N2O8. The van der Waals surface area contributed by atoms with E-state index in [-0.39, 0.29) is 14.7 Å². The van der Waals surface area contributed by atoms with Gasteiger partial charge in [0.05, 0.1) is 61.8 Å². The molecule has 0 saturated heterocycles. The molecular weight excluding hydrogens is 729 g/mol. The Kier molecular flexibility index (Phi) is 12.0. The SMILES string of the molecule is O=C(NC(CO)C(O)CO)c1c(I)cc(I)c(C(=O)NC(CO)C(O)CO)c1I. The Balaban J connectivity index is 3.27. The Bertz CT molecular complexity index is 680. The summed E-state index contributed by atoms with van der Waals surface area (Å²) in [5.74, 6) is -1.32. The third-order valence-corrected chi connectivity index (χ3v) is 6.73. The van der Waals surface area contributed by atoms with E-state index in [1.54, 1.807) is 6.07 Å².